The van der Waals surface area contributed by atoms with Crippen molar-refractivity contribution in [3.05, 3.63) is 72.3 Å². The summed E-state index contributed by atoms with van der Waals surface area (Å²) in [4.78, 5) is 41.8. The molecule has 3 aromatic carbocycles. The van der Waals surface area contributed by atoms with E-state index in [9.17, 15) is 14.4 Å². The highest BCUT2D eigenvalue weighted by molar-refractivity contribution is 6.27. The van der Waals surface area contributed by atoms with Gasteiger partial charge in [-0.1, -0.05) is 54.6 Å². The van der Waals surface area contributed by atoms with E-state index in [4.69, 9.17) is 0 Å². The van der Waals surface area contributed by atoms with Gasteiger partial charge in [-0.15, -0.1) is 0 Å². The van der Waals surface area contributed by atoms with Crippen LogP contribution in [0.4, 0.5) is 11.4 Å². The first kappa shape index (κ1) is 17.4. The van der Waals surface area contributed by atoms with Crippen LogP contribution in [0, 0.1) is 11.8 Å². The number of rotatable bonds is 1. The van der Waals surface area contributed by atoms with Crippen LogP contribution in [0.15, 0.2) is 66.7 Å². The van der Waals surface area contributed by atoms with Gasteiger partial charge in [0.2, 0.25) is 17.7 Å². The smallest absolute Gasteiger partial charge is 0.250 e. The molecule has 6 nitrogen and oxygen atoms in total. The fraction of sp³-hybridized carbons (Fsp3) is 0.208. The zero-order valence-electron chi connectivity index (χ0n) is 16.3. The number of amides is 3. The lowest BCUT2D eigenvalue weighted by molar-refractivity contribution is -0.130. The van der Waals surface area contributed by atoms with Crippen molar-refractivity contribution in [2.24, 2.45) is 11.8 Å². The van der Waals surface area contributed by atoms with E-state index in [0.29, 0.717) is 11.4 Å². The maximum atomic E-state index is 13.8. The highest BCUT2D eigenvalue weighted by atomic mass is 16.2. The van der Waals surface area contributed by atoms with Gasteiger partial charge in [0.25, 0.3) is 0 Å². The number of hydrogen-bond acceptors (Lipinski definition) is 4. The number of carbonyl (C=O) groups excluding carboxylic acids is 3. The summed E-state index contributed by atoms with van der Waals surface area (Å²) in [6, 6.07) is 20.3. The van der Waals surface area contributed by atoms with Gasteiger partial charge < -0.3 is 5.32 Å². The number of imide groups is 1. The summed E-state index contributed by atoms with van der Waals surface area (Å²) in [5.41, 5.74) is 0.765. The molecule has 0 bridgehead atoms. The second kappa shape index (κ2) is 5.77. The highest BCUT2D eigenvalue weighted by Crippen LogP contribution is 2.53. The number of anilines is 2. The fourth-order valence-electron chi connectivity index (χ4n) is 5.56. The highest BCUT2D eigenvalue weighted by Gasteiger charge is 2.69. The van der Waals surface area contributed by atoms with E-state index in [0.717, 1.165) is 16.3 Å². The summed E-state index contributed by atoms with van der Waals surface area (Å²) in [5.74, 6) is -2.25. The van der Waals surface area contributed by atoms with Gasteiger partial charge in [-0.25, -0.2) is 4.90 Å². The number of carbonyl (C=O) groups is 3. The van der Waals surface area contributed by atoms with Crippen LogP contribution in [0.3, 0.4) is 0 Å². The second-order valence-electron chi connectivity index (χ2n) is 8.25. The third-order valence-electron chi connectivity index (χ3n) is 6.78. The SMILES string of the molecule is C[C@@H]1N[C@]2(C(=O)Nc3ccccc32)[C@@H]2C(=O)N(c3cccc4ccccc34)C(=O)[C@H]12. The Morgan fingerprint density at radius 1 is 0.867 bits per heavy atom. The summed E-state index contributed by atoms with van der Waals surface area (Å²) in [6.07, 6.45) is 0. The van der Waals surface area contributed by atoms with Gasteiger partial charge in [0.15, 0.2) is 0 Å². The molecule has 3 aliphatic heterocycles. The number of hydrogen-bond donors (Lipinski definition) is 2. The Hall–Kier alpha value is -3.51. The van der Waals surface area contributed by atoms with Gasteiger partial charge in [0.1, 0.15) is 5.54 Å². The van der Waals surface area contributed by atoms with Crippen molar-refractivity contribution < 1.29 is 14.4 Å². The molecule has 0 saturated carbocycles. The molecule has 6 rings (SSSR count). The molecule has 3 heterocycles. The van der Waals surface area contributed by atoms with Crippen LogP contribution in [0.5, 0.6) is 0 Å². The molecule has 148 valence electrons. The van der Waals surface area contributed by atoms with Gasteiger partial charge in [-0.2, -0.15) is 0 Å². The lowest BCUT2D eigenvalue weighted by Gasteiger charge is -2.29. The Morgan fingerprint density at radius 3 is 2.47 bits per heavy atom. The zero-order chi connectivity index (χ0) is 20.6. The van der Waals surface area contributed by atoms with Crippen molar-refractivity contribution in [3.8, 4) is 0 Å². The van der Waals surface area contributed by atoms with Gasteiger partial charge in [-0.05, 0) is 24.4 Å². The first-order valence-electron chi connectivity index (χ1n) is 10.1. The van der Waals surface area contributed by atoms with E-state index in [2.05, 4.69) is 10.6 Å². The molecule has 1 spiro atoms. The lowest BCUT2D eigenvalue weighted by atomic mass is 9.76. The number of para-hydroxylation sites is 1. The third kappa shape index (κ3) is 1.94. The van der Waals surface area contributed by atoms with Crippen LogP contribution in [-0.4, -0.2) is 23.8 Å². The van der Waals surface area contributed by atoms with E-state index < -0.39 is 17.4 Å². The Labute approximate surface area is 172 Å². The normalized spacial score (nSPS) is 29.6. The van der Waals surface area contributed by atoms with Crippen molar-refractivity contribution in [1.29, 1.82) is 0 Å². The largest absolute Gasteiger partial charge is 0.324 e. The van der Waals surface area contributed by atoms with Crippen molar-refractivity contribution in [2.75, 3.05) is 10.2 Å². The van der Waals surface area contributed by atoms with Crippen LogP contribution in [0.2, 0.25) is 0 Å². The molecule has 30 heavy (non-hydrogen) atoms. The summed E-state index contributed by atoms with van der Waals surface area (Å²) < 4.78 is 0. The molecule has 0 radical (unpaired) electrons. The number of fused-ring (bicyclic) bond motifs is 5. The maximum Gasteiger partial charge on any atom is 0.250 e. The number of benzene rings is 3. The molecule has 0 unspecified atom stereocenters. The minimum absolute atomic E-state index is 0.254. The first-order chi connectivity index (χ1) is 14.5. The summed E-state index contributed by atoms with van der Waals surface area (Å²) >= 11 is 0. The lowest BCUT2D eigenvalue weighted by Crippen LogP contribution is -2.53. The molecule has 0 aromatic heterocycles. The van der Waals surface area contributed by atoms with E-state index in [1.165, 1.54) is 4.90 Å². The average Bonchev–Trinajstić information content (AvgIpc) is 3.32. The average molecular weight is 397 g/mol. The van der Waals surface area contributed by atoms with Gasteiger partial charge in [0, 0.05) is 22.7 Å². The van der Waals surface area contributed by atoms with Gasteiger partial charge in [-0.3, -0.25) is 19.7 Å². The Morgan fingerprint density at radius 2 is 1.60 bits per heavy atom. The quantitative estimate of drug-likeness (QED) is 0.619. The number of nitrogens with one attached hydrogen (secondary N) is 2. The van der Waals surface area contributed by atoms with Crippen molar-refractivity contribution in [2.45, 2.75) is 18.5 Å². The van der Waals surface area contributed by atoms with E-state index in [1.54, 1.807) is 6.07 Å². The Kier molecular flexibility index (Phi) is 3.34. The predicted octanol–water partition coefficient (Wildman–Crippen LogP) is 2.78. The van der Waals surface area contributed by atoms with E-state index in [1.807, 2.05) is 67.6 Å². The van der Waals surface area contributed by atoms with Crippen LogP contribution in [0.1, 0.15) is 12.5 Å². The standard InChI is InChI=1S/C24H19N3O3/c1-13-19-20(24(26-13)16-10-4-5-11-17(16)25-23(24)30)22(29)27(21(19)28)18-12-6-8-14-7-2-3-9-15(14)18/h2-13,19-20,26H,1H3,(H,25,30)/t13-,19+,20-,24-/m0/s1. The van der Waals surface area contributed by atoms with Crippen molar-refractivity contribution >= 4 is 39.9 Å². The summed E-state index contributed by atoms with van der Waals surface area (Å²) in [6.45, 7) is 1.87. The van der Waals surface area contributed by atoms with Crippen LogP contribution in [0.25, 0.3) is 10.8 Å². The fourth-order valence-corrected chi connectivity index (χ4v) is 5.56. The van der Waals surface area contributed by atoms with Crippen LogP contribution >= 0.6 is 0 Å². The molecule has 0 aliphatic carbocycles. The maximum absolute atomic E-state index is 13.8. The van der Waals surface area contributed by atoms with E-state index in [-0.39, 0.29) is 23.8 Å². The molecule has 3 aromatic rings. The zero-order valence-corrected chi connectivity index (χ0v) is 16.3. The molecule has 4 atom stereocenters. The van der Waals surface area contributed by atoms with Gasteiger partial charge >= 0.3 is 0 Å². The number of nitrogens with zero attached hydrogens (tertiary/aromatic N) is 1. The minimum Gasteiger partial charge on any atom is -0.324 e. The molecule has 3 aliphatic rings. The third-order valence-corrected chi connectivity index (χ3v) is 6.78. The summed E-state index contributed by atoms with van der Waals surface area (Å²) in [5, 5.41) is 8.02. The predicted molar refractivity (Wildman–Crippen MR) is 113 cm³/mol. The molecular formula is C24H19N3O3. The van der Waals surface area contributed by atoms with Crippen molar-refractivity contribution in [3.63, 3.8) is 0 Å². The first-order valence-corrected chi connectivity index (χ1v) is 10.1. The van der Waals surface area contributed by atoms with E-state index >= 15 is 0 Å². The molecule has 2 fully saturated rings. The van der Waals surface area contributed by atoms with Crippen LogP contribution < -0.4 is 15.5 Å². The molecule has 6 heteroatoms. The molecular weight excluding hydrogens is 378 g/mol. The topological polar surface area (TPSA) is 78.5 Å². The summed E-state index contributed by atoms with van der Waals surface area (Å²) in [7, 11) is 0. The molecule has 2 N–H and O–H groups in total. The van der Waals surface area contributed by atoms with Crippen LogP contribution in [-0.2, 0) is 19.9 Å². The Bertz CT molecular complexity index is 1260. The monoisotopic (exact) mass is 397 g/mol. The van der Waals surface area contributed by atoms with Crippen molar-refractivity contribution in [1.82, 2.24) is 5.32 Å². The Balaban J connectivity index is 1.54. The molecule has 3 amide bonds. The van der Waals surface area contributed by atoms with Gasteiger partial charge in [0.05, 0.1) is 17.5 Å². The second-order valence-corrected chi connectivity index (χ2v) is 8.25. The minimum atomic E-state index is -1.23. The molecule has 2 saturated heterocycles.